The number of esters is 1. The molecule has 0 bridgehead atoms. The minimum atomic E-state index is -0.952. The van der Waals surface area contributed by atoms with Crippen LogP contribution in [0.15, 0.2) is 78.1 Å². The summed E-state index contributed by atoms with van der Waals surface area (Å²) in [4.78, 5) is 26.3. The molecular formula is C24H23NO5. The van der Waals surface area contributed by atoms with Gasteiger partial charge in [0.05, 0.1) is 13.0 Å². The third-order valence-corrected chi connectivity index (χ3v) is 5.20. The second-order valence-corrected chi connectivity index (χ2v) is 7.22. The molecule has 2 saturated heterocycles. The second kappa shape index (κ2) is 8.97. The van der Waals surface area contributed by atoms with E-state index in [2.05, 4.69) is 0 Å². The number of aliphatic hydroxyl groups is 1. The molecule has 1 amide bonds. The van der Waals surface area contributed by atoms with E-state index in [-0.39, 0.29) is 25.5 Å². The minimum Gasteiger partial charge on any atom is -0.471 e. The number of allylic oxidation sites excluding steroid dienone is 1. The van der Waals surface area contributed by atoms with Crippen LogP contribution in [-0.4, -0.2) is 40.8 Å². The molecule has 1 unspecified atom stereocenters. The first-order valence-electron chi connectivity index (χ1n) is 9.90. The van der Waals surface area contributed by atoms with Crippen LogP contribution in [0, 0.1) is 0 Å². The van der Waals surface area contributed by atoms with Gasteiger partial charge in [0.2, 0.25) is 5.91 Å². The van der Waals surface area contributed by atoms with E-state index in [0.717, 1.165) is 11.1 Å². The molecule has 2 heterocycles. The van der Waals surface area contributed by atoms with E-state index in [1.807, 2.05) is 72.8 Å². The summed E-state index contributed by atoms with van der Waals surface area (Å²) in [5.41, 5.74) is 2.45. The first kappa shape index (κ1) is 19.9. The molecule has 154 valence electrons. The lowest BCUT2D eigenvalue weighted by Gasteiger charge is -2.33. The molecule has 0 radical (unpaired) electrons. The summed E-state index contributed by atoms with van der Waals surface area (Å²) in [6.07, 6.45) is 4.00. The summed E-state index contributed by atoms with van der Waals surface area (Å²) in [5, 5.41) is 9.92. The fourth-order valence-electron chi connectivity index (χ4n) is 3.60. The summed E-state index contributed by atoms with van der Waals surface area (Å²) >= 11 is 0. The summed E-state index contributed by atoms with van der Waals surface area (Å²) < 4.78 is 11.3. The topological polar surface area (TPSA) is 76.1 Å². The van der Waals surface area contributed by atoms with Crippen LogP contribution in [0.3, 0.4) is 0 Å². The molecule has 1 N–H and O–H groups in total. The van der Waals surface area contributed by atoms with Crippen LogP contribution < -0.4 is 0 Å². The molecule has 0 spiro atoms. The number of hydrogen-bond donors (Lipinski definition) is 1. The highest BCUT2D eigenvalue weighted by Gasteiger charge is 2.55. The van der Waals surface area contributed by atoms with Gasteiger partial charge in [-0.05, 0) is 23.1 Å². The molecule has 2 aliphatic heterocycles. The quantitative estimate of drug-likeness (QED) is 0.566. The van der Waals surface area contributed by atoms with Crippen molar-refractivity contribution in [2.24, 2.45) is 0 Å². The third kappa shape index (κ3) is 4.14. The van der Waals surface area contributed by atoms with Gasteiger partial charge in [-0.1, -0.05) is 72.8 Å². The second-order valence-electron chi connectivity index (χ2n) is 7.22. The average molecular weight is 405 g/mol. The van der Waals surface area contributed by atoms with Crippen molar-refractivity contribution in [3.63, 3.8) is 0 Å². The molecule has 30 heavy (non-hydrogen) atoms. The van der Waals surface area contributed by atoms with E-state index in [9.17, 15) is 14.7 Å². The van der Waals surface area contributed by atoms with Crippen molar-refractivity contribution < 1.29 is 24.2 Å². The largest absolute Gasteiger partial charge is 0.471 e. The highest BCUT2D eigenvalue weighted by molar-refractivity contribution is 5.92. The van der Waals surface area contributed by atoms with E-state index in [4.69, 9.17) is 9.47 Å². The molecule has 6 heteroatoms. The Morgan fingerprint density at radius 2 is 1.83 bits per heavy atom. The molecule has 2 aliphatic rings. The average Bonchev–Trinajstić information content (AvgIpc) is 3.09. The number of fused-ring (bicyclic) bond motifs is 1. The maximum atomic E-state index is 12.9. The standard InChI is InChI=1S/C24H23NO5/c26-15-19(13-7-12-17-8-3-1-4-9-17)23-22(25-20(27)14-21(25)30-23)24(28)29-16-18-10-5-2-6-11-18/h1-12,21-22,26H,13-16H2/b12-7+,23-19+/t21-,22?/m1/s1. The lowest BCUT2D eigenvalue weighted by molar-refractivity contribution is -0.166. The number of β-lactam (4-membered cyclic amide) rings is 1. The number of amides is 1. The van der Waals surface area contributed by atoms with Gasteiger partial charge in [-0.3, -0.25) is 9.69 Å². The Bertz CT molecular complexity index is 968. The number of rotatable bonds is 7. The Morgan fingerprint density at radius 1 is 1.13 bits per heavy atom. The van der Waals surface area contributed by atoms with E-state index in [1.165, 1.54) is 4.90 Å². The molecule has 4 rings (SSSR count). The number of hydrogen-bond acceptors (Lipinski definition) is 5. The molecule has 0 aromatic heterocycles. The number of benzene rings is 2. The highest BCUT2D eigenvalue weighted by atomic mass is 16.6. The molecular weight excluding hydrogens is 382 g/mol. The van der Waals surface area contributed by atoms with E-state index in [0.29, 0.717) is 17.8 Å². The number of ether oxygens (including phenoxy) is 2. The van der Waals surface area contributed by atoms with Crippen LogP contribution in [0.4, 0.5) is 0 Å². The minimum absolute atomic E-state index is 0.110. The third-order valence-electron chi connectivity index (χ3n) is 5.20. The summed E-state index contributed by atoms with van der Waals surface area (Å²) in [6, 6.07) is 18.2. The van der Waals surface area contributed by atoms with Crippen molar-refractivity contribution in [2.75, 3.05) is 6.61 Å². The zero-order valence-electron chi connectivity index (χ0n) is 16.4. The molecule has 2 atom stereocenters. The first-order chi connectivity index (χ1) is 14.7. The molecule has 2 aromatic carbocycles. The smallest absolute Gasteiger partial charge is 0.337 e. The van der Waals surface area contributed by atoms with E-state index >= 15 is 0 Å². The fraction of sp³-hybridized carbons (Fsp3) is 0.250. The van der Waals surface area contributed by atoms with Crippen molar-refractivity contribution in [2.45, 2.75) is 31.7 Å². The SMILES string of the molecule is O=C(OCc1ccccc1)C1/C(=C(\CO)C/C=C/c2ccccc2)O[C@@H]2CC(=O)N12. The number of carbonyl (C=O) groups is 2. The zero-order valence-corrected chi connectivity index (χ0v) is 16.4. The Kier molecular flexibility index (Phi) is 5.95. The predicted molar refractivity (Wildman–Crippen MR) is 111 cm³/mol. The van der Waals surface area contributed by atoms with Gasteiger partial charge in [0.1, 0.15) is 12.4 Å². The maximum Gasteiger partial charge on any atom is 0.337 e. The van der Waals surface area contributed by atoms with Crippen molar-refractivity contribution in [3.05, 3.63) is 89.2 Å². The number of aliphatic hydroxyl groups excluding tert-OH is 1. The lowest BCUT2D eigenvalue weighted by atomic mass is 10.0. The summed E-state index contributed by atoms with van der Waals surface area (Å²) in [7, 11) is 0. The van der Waals surface area contributed by atoms with Crippen molar-refractivity contribution in [3.8, 4) is 0 Å². The molecule has 2 aromatic rings. The van der Waals surface area contributed by atoms with Gasteiger partial charge in [-0.25, -0.2) is 4.79 Å². The molecule has 6 nitrogen and oxygen atoms in total. The monoisotopic (exact) mass is 405 g/mol. The zero-order chi connectivity index (χ0) is 20.9. The van der Waals surface area contributed by atoms with Gasteiger partial charge >= 0.3 is 5.97 Å². The van der Waals surface area contributed by atoms with Crippen LogP contribution in [0.2, 0.25) is 0 Å². The molecule has 2 fully saturated rings. The summed E-state index contributed by atoms with van der Waals surface area (Å²) in [5.74, 6) is -0.389. The molecule has 0 saturated carbocycles. The Hall–Kier alpha value is -3.38. The summed E-state index contributed by atoms with van der Waals surface area (Å²) in [6.45, 7) is -0.163. The highest BCUT2D eigenvalue weighted by Crippen LogP contribution is 2.39. The van der Waals surface area contributed by atoms with E-state index in [1.54, 1.807) is 0 Å². The van der Waals surface area contributed by atoms with Gasteiger partial charge in [-0.2, -0.15) is 0 Å². The normalized spacial score (nSPS) is 21.8. The van der Waals surface area contributed by atoms with Gasteiger partial charge in [0, 0.05) is 0 Å². The maximum absolute atomic E-state index is 12.9. The van der Waals surface area contributed by atoms with Crippen molar-refractivity contribution in [1.82, 2.24) is 4.90 Å². The number of carbonyl (C=O) groups excluding carboxylic acids is 2. The Balaban J connectivity index is 1.52. The van der Waals surface area contributed by atoms with Crippen LogP contribution in [0.5, 0.6) is 0 Å². The van der Waals surface area contributed by atoms with Gasteiger partial charge < -0.3 is 14.6 Å². The fourth-order valence-corrected chi connectivity index (χ4v) is 3.60. The lowest BCUT2D eigenvalue weighted by Crippen LogP contribution is -2.55. The van der Waals surface area contributed by atoms with Gasteiger partial charge in [0.25, 0.3) is 0 Å². The van der Waals surface area contributed by atoms with Gasteiger partial charge in [-0.15, -0.1) is 0 Å². The van der Waals surface area contributed by atoms with Crippen LogP contribution in [0.25, 0.3) is 6.08 Å². The van der Waals surface area contributed by atoms with Crippen LogP contribution in [-0.2, 0) is 25.7 Å². The van der Waals surface area contributed by atoms with Crippen molar-refractivity contribution in [1.29, 1.82) is 0 Å². The predicted octanol–water partition coefficient (Wildman–Crippen LogP) is 3.04. The van der Waals surface area contributed by atoms with Crippen LogP contribution in [0.1, 0.15) is 24.0 Å². The van der Waals surface area contributed by atoms with Crippen molar-refractivity contribution >= 4 is 18.0 Å². The first-order valence-corrected chi connectivity index (χ1v) is 9.90. The Morgan fingerprint density at radius 3 is 2.50 bits per heavy atom. The Labute approximate surface area is 175 Å². The van der Waals surface area contributed by atoms with Crippen LogP contribution >= 0.6 is 0 Å². The molecule has 0 aliphatic carbocycles. The number of nitrogens with zero attached hydrogens (tertiary/aromatic N) is 1. The van der Waals surface area contributed by atoms with E-state index < -0.39 is 18.2 Å². The van der Waals surface area contributed by atoms with Gasteiger partial charge in [0.15, 0.2) is 12.3 Å².